The number of nitrogens with one attached hydrogen (secondary N) is 1. The van der Waals surface area contributed by atoms with Crippen molar-refractivity contribution in [3.63, 3.8) is 0 Å². The molecule has 4 unspecified atom stereocenters. The van der Waals surface area contributed by atoms with Gasteiger partial charge in [0.2, 0.25) is 11.7 Å². The van der Waals surface area contributed by atoms with E-state index >= 15 is 4.39 Å². The zero-order chi connectivity index (χ0) is 36.4. The molecule has 4 heterocycles. The Morgan fingerprint density at radius 2 is 1.94 bits per heavy atom. The number of aromatic hydroxyl groups is 1. The Morgan fingerprint density at radius 1 is 1.13 bits per heavy atom. The fourth-order valence-corrected chi connectivity index (χ4v) is 8.36. The van der Waals surface area contributed by atoms with Crippen LogP contribution in [0.1, 0.15) is 96.6 Å². The van der Waals surface area contributed by atoms with Gasteiger partial charge in [-0.05, 0) is 93.2 Å². The topological polar surface area (TPSA) is 157 Å². The summed E-state index contributed by atoms with van der Waals surface area (Å²) in [6, 6.07) is 2.68. The van der Waals surface area contributed by atoms with Gasteiger partial charge in [-0.15, -0.1) is 5.10 Å². The van der Waals surface area contributed by atoms with Gasteiger partial charge in [-0.2, -0.15) is 9.50 Å². The standard InChI is InChI=1S/C37H40F2N8O5/c1-4-45(36(51)32-33(49)19(3)40-17-41-32)25-10-8-23(25)28-18(2)15-26-29(28)35(50)47-37(43-34(44-47)21-11-13-52-14-12-21)46(26)16-27(48)42-24-9-7-22(20-5-6-20)30(38)31(24)39/h7,9,11,17-18,20,23,25,28,49H,4-6,8,10,12-16H2,1-3H3,(H,42,48). The van der Waals surface area contributed by atoms with E-state index in [0.717, 1.165) is 24.8 Å². The number of carbonyl (C=O) groups excluding carboxylic acids is 2. The summed E-state index contributed by atoms with van der Waals surface area (Å²) in [7, 11) is 0. The van der Waals surface area contributed by atoms with Crippen molar-refractivity contribution in [1.29, 1.82) is 0 Å². The Bertz CT molecular complexity index is 2210. The summed E-state index contributed by atoms with van der Waals surface area (Å²) in [6.07, 6.45) is 7.20. The molecule has 2 saturated carbocycles. The molecule has 3 aliphatic carbocycles. The monoisotopic (exact) mass is 714 g/mol. The number of benzene rings is 1. The van der Waals surface area contributed by atoms with Gasteiger partial charge >= 0.3 is 0 Å². The fraction of sp³-hybridized carbons (Fsp3) is 0.486. The molecule has 1 aliphatic heterocycles. The third-order valence-corrected chi connectivity index (χ3v) is 11.3. The molecule has 4 atom stereocenters. The second-order valence-electron chi connectivity index (χ2n) is 14.4. The first-order valence-electron chi connectivity index (χ1n) is 18.0. The maximum absolute atomic E-state index is 15.1. The molecular formula is C37H40F2N8O5. The lowest BCUT2D eigenvalue weighted by Gasteiger charge is -2.47. The molecule has 13 nitrogen and oxygen atoms in total. The summed E-state index contributed by atoms with van der Waals surface area (Å²) < 4.78 is 38.4. The molecule has 2 fully saturated rings. The molecule has 1 aromatic carbocycles. The van der Waals surface area contributed by atoms with Crippen LogP contribution >= 0.6 is 0 Å². The van der Waals surface area contributed by atoms with Crippen LogP contribution in [0.25, 0.3) is 11.4 Å². The van der Waals surface area contributed by atoms with Crippen molar-refractivity contribution in [3.05, 3.63) is 80.6 Å². The number of rotatable bonds is 9. The van der Waals surface area contributed by atoms with Crippen LogP contribution in [0.4, 0.5) is 14.5 Å². The number of amides is 2. The van der Waals surface area contributed by atoms with Gasteiger partial charge in [0, 0.05) is 23.8 Å². The lowest BCUT2D eigenvalue weighted by molar-refractivity contribution is -0.116. The molecule has 2 amide bonds. The first-order chi connectivity index (χ1) is 25.1. The Hall–Kier alpha value is -5.05. The van der Waals surface area contributed by atoms with E-state index in [2.05, 4.69) is 27.3 Å². The lowest BCUT2D eigenvalue weighted by Crippen LogP contribution is -2.52. The largest absolute Gasteiger partial charge is 0.504 e. The van der Waals surface area contributed by atoms with Crippen molar-refractivity contribution >= 4 is 28.9 Å². The van der Waals surface area contributed by atoms with Crippen LogP contribution in [0.3, 0.4) is 0 Å². The average Bonchev–Trinajstić information content (AvgIpc) is 3.78. The number of carbonyl (C=O) groups is 2. The Kier molecular flexibility index (Phi) is 8.63. The van der Waals surface area contributed by atoms with E-state index in [-0.39, 0.29) is 64.7 Å². The molecule has 2 N–H and O–H groups in total. The maximum atomic E-state index is 15.1. The second-order valence-corrected chi connectivity index (χ2v) is 14.4. The third kappa shape index (κ3) is 5.65. The average molecular weight is 715 g/mol. The minimum Gasteiger partial charge on any atom is -0.504 e. The van der Waals surface area contributed by atoms with Crippen LogP contribution in [0.5, 0.6) is 5.75 Å². The summed E-state index contributed by atoms with van der Waals surface area (Å²) in [5.74, 6) is -3.21. The molecule has 0 saturated heterocycles. The van der Waals surface area contributed by atoms with Crippen LogP contribution in [0.2, 0.25) is 0 Å². The van der Waals surface area contributed by atoms with E-state index in [0.29, 0.717) is 67.4 Å². The second kappa shape index (κ2) is 13.2. The Balaban J connectivity index is 1.17. The van der Waals surface area contributed by atoms with Gasteiger partial charge in [-0.3, -0.25) is 14.4 Å². The highest BCUT2D eigenvalue weighted by atomic mass is 19.2. The molecule has 272 valence electrons. The molecule has 52 heavy (non-hydrogen) atoms. The van der Waals surface area contributed by atoms with Crippen LogP contribution in [0.15, 0.2) is 29.3 Å². The van der Waals surface area contributed by atoms with Gasteiger partial charge in [0.15, 0.2) is 28.9 Å². The number of halogens is 2. The Morgan fingerprint density at radius 3 is 2.63 bits per heavy atom. The van der Waals surface area contributed by atoms with Crippen molar-refractivity contribution in [2.24, 2.45) is 11.8 Å². The van der Waals surface area contributed by atoms with E-state index in [9.17, 15) is 23.9 Å². The van der Waals surface area contributed by atoms with Crippen molar-refractivity contribution in [2.75, 3.05) is 25.1 Å². The van der Waals surface area contributed by atoms with E-state index in [1.54, 1.807) is 16.4 Å². The highest BCUT2D eigenvalue weighted by Gasteiger charge is 2.49. The highest BCUT2D eigenvalue weighted by Crippen LogP contribution is 2.50. The van der Waals surface area contributed by atoms with Crippen molar-refractivity contribution in [2.45, 2.75) is 83.7 Å². The highest BCUT2D eigenvalue weighted by molar-refractivity contribution is 5.95. The molecule has 8 rings (SSSR count). The van der Waals surface area contributed by atoms with Crippen molar-refractivity contribution in [3.8, 4) is 5.75 Å². The maximum Gasteiger partial charge on any atom is 0.279 e. The van der Waals surface area contributed by atoms with E-state index in [1.807, 2.05) is 13.0 Å². The van der Waals surface area contributed by atoms with E-state index in [1.165, 1.54) is 23.0 Å². The number of ether oxygens (including phenoxy) is 1. The summed E-state index contributed by atoms with van der Waals surface area (Å²) in [5, 5.41) is 17.8. The molecule has 4 aromatic rings. The molecule has 4 aliphatic rings. The van der Waals surface area contributed by atoms with Crippen LogP contribution in [-0.4, -0.2) is 76.8 Å². The quantitative estimate of drug-likeness (QED) is 0.255. The number of anilines is 1. The number of hydrogen-bond acceptors (Lipinski definition) is 9. The zero-order valence-corrected chi connectivity index (χ0v) is 29.2. The number of aryl methyl sites for hydroxylation is 1. The molecular weight excluding hydrogens is 674 g/mol. The van der Waals surface area contributed by atoms with Crippen molar-refractivity contribution < 1.29 is 28.2 Å². The first kappa shape index (κ1) is 34.1. The SMILES string of the molecule is CCN(C(=O)c1ncnc(C)c1O)C1CCC1C1c2c(n(CC(=O)Nc3ccc(C4CC4)c(F)c3F)c3nc(C4=CCOCC4)nn3c2=O)CC1C. The first-order valence-corrected chi connectivity index (χ1v) is 18.0. The predicted octanol–water partition coefficient (Wildman–Crippen LogP) is 4.51. The normalized spacial score (nSPS) is 22.5. The lowest BCUT2D eigenvalue weighted by atomic mass is 9.66. The van der Waals surface area contributed by atoms with Gasteiger partial charge in [-0.1, -0.05) is 19.1 Å². The fourth-order valence-electron chi connectivity index (χ4n) is 8.36. The predicted molar refractivity (Wildman–Crippen MR) is 185 cm³/mol. The van der Waals surface area contributed by atoms with Gasteiger partial charge in [0.1, 0.15) is 12.9 Å². The zero-order valence-electron chi connectivity index (χ0n) is 29.2. The summed E-state index contributed by atoms with van der Waals surface area (Å²) in [6.45, 7) is 6.44. The number of aromatic nitrogens is 6. The van der Waals surface area contributed by atoms with E-state index in [4.69, 9.17) is 9.72 Å². The summed E-state index contributed by atoms with van der Waals surface area (Å²) in [5.41, 5.74) is 1.92. The third-order valence-electron chi connectivity index (χ3n) is 11.3. The Labute approximate surface area is 297 Å². The summed E-state index contributed by atoms with van der Waals surface area (Å²) >= 11 is 0. The van der Waals surface area contributed by atoms with Gasteiger partial charge in [0.25, 0.3) is 11.5 Å². The van der Waals surface area contributed by atoms with Gasteiger partial charge in [0.05, 0.1) is 24.6 Å². The van der Waals surface area contributed by atoms with Crippen LogP contribution in [-0.2, 0) is 22.5 Å². The molecule has 0 radical (unpaired) electrons. The molecule has 0 bridgehead atoms. The van der Waals surface area contributed by atoms with Gasteiger partial charge in [-0.25, -0.2) is 18.7 Å². The molecule has 0 spiro atoms. The smallest absolute Gasteiger partial charge is 0.279 e. The minimum atomic E-state index is -1.10. The van der Waals surface area contributed by atoms with Crippen molar-refractivity contribution in [1.82, 2.24) is 34.0 Å². The molecule has 3 aromatic heterocycles. The van der Waals surface area contributed by atoms with E-state index < -0.39 is 23.4 Å². The van der Waals surface area contributed by atoms with Crippen LogP contribution < -0.4 is 10.9 Å². The summed E-state index contributed by atoms with van der Waals surface area (Å²) in [4.78, 5) is 56.4. The number of nitrogens with zero attached hydrogens (tertiary/aromatic N) is 7. The number of fused-ring (bicyclic) bond motifs is 2. The van der Waals surface area contributed by atoms with Gasteiger partial charge < -0.3 is 24.6 Å². The number of hydrogen-bond donors (Lipinski definition) is 2. The molecule has 15 heteroatoms. The minimum absolute atomic E-state index is 0.000593. The van der Waals surface area contributed by atoms with Crippen LogP contribution in [0, 0.1) is 30.4 Å².